The van der Waals surface area contributed by atoms with Crippen molar-refractivity contribution in [3.05, 3.63) is 65.2 Å². The highest BCUT2D eigenvalue weighted by molar-refractivity contribution is 8.14. The maximum absolute atomic E-state index is 4.67. The van der Waals surface area contributed by atoms with Gasteiger partial charge in [0.05, 0.1) is 5.04 Å². The molecule has 0 saturated heterocycles. The Hall–Kier alpha value is -2.06. The van der Waals surface area contributed by atoms with Crippen molar-refractivity contribution in [1.29, 1.82) is 0 Å². The van der Waals surface area contributed by atoms with Crippen LogP contribution in [0.2, 0.25) is 0 Å². The minimum Gasteiger partial charge on any atom is -0.277 e. The molecule has 0 saturated carbocycles. The van der Waals surface area contributed by atoms with Crippen LogP contribution in [-0.4, -0.2) is 17.3 Å². The second-order valence-corrected chi connectivity index (χ2v) is 7.26. The Morgan fingerprint density at radius 2 is 1.74 bits per heavy atom. The van der Waals surface area contributed by atoms with E-state index >= 15 is 0 Å². The maximum atomic E-state index is 4.67. The van der Waals surface area contributed by atoms with Gasteiger partial charge in [0.15, 0.2) is 0 Å². The fourth-order valence-corrected chi connectivity index (χ4v) is 4.67. The topological polar surface area (TPSA) is 12.4 Å². The molecule has 1 aliphatic carbocycles. The molecule has 0 radical (unpaired) electrons. The number of thioether (sulfide) groups is 1. The molecule has 23 heavy (non-hydrogen) atoms. The first kappa shape index (κ1) is 13.4. The fraction of sp³-hybridized carbons (Fsp3) is 0.190. The molecule has 0 atom stereocenters. The zero-order valence-corrected chi connectivity index (χ0v) is 13.7. The summed E-state index contributed by atoms with van der Waals surface area (Å²) >= 11 is 1.88. The Balaban J connectivity index is 1.84. The highest BCUT2D eigenvalue weighted by atomic mass is 32.2. The van der Waals surface area contributed by atoms with E-state index in [0.717, 1.165) is 25.1 Å². The van der Waals surface area contributed by atoms with Crippen LogP contribution in [0.15, 0.2) is 53.5 Å². The van der Waals surface area contributed by atoms with E-state index in [2.05, 4.69) is 59.6 Å². The summed E-state index contributed by atoms with van der Waals surface area (Å²) < 4.78 is 0. The van der Waals surface area contributed by atoms with Crippen molar-refractivity contribution >= 4 is 44.4 Å². The van der Waals surface area contributed by atoms with Gasteiger partial charge in [-0.1, -0.05) is 54.6 Å². The van der Waals surface area contributed by atoms with E-state index in [4.69, 9.17) is 0 Å². The minimum absolute atomic E-state index is 0.947. The van der Waals surface area contributed by atoms with Gasteiger partial charge in [-0.3, -0.25) is 4.99 Å². The summed E-state index contributed by atoms with van der Waals surface area (Å²) in [6.07, 6.45) is 6.92. The molecule has 0 fully saturated rings. The molecule has 3 aromatic rings. The number of aliphatic imine (C=N–C) groups is 1. The summed E-state index contributed by atoms with van der Waals surface area (Å²) in [6.45, 7) is 0.947. The van der Waals surface area contributed by atoms with E-state index in [1.165, 1.54) is 43.3 Å². The molecule has 0 spiro atoms. The molecule has 0 bridgehead atoms. The normalized spacial score (nSPS) is 16.8. The number of nitrogens with zero attached hydrogens (tertiary/aromatic N) is 1. The molecule has 0 amide bonds. The Labute approximate surface area is 140 Å². The summed E-state index contributed by atoms with van der Waals surface area (Å²) in [5, 5.41) is 6.61. The average Bonchev–Trinajstić information content (AvgIpc) is 3.15. The van der Waals surface area contributed by atoms with Crippen molar-refractivity contribution in [2.45, 2.75) is 12.8 Å². The van der Waals surface area contributed by atoms with E-state index in [9.17, 15) is 0 Å². The van der Waals surface area contributed by atoms with Gasteiger partial charge in [-0.2, -0.15) is 0 Å². The molecule has 5 rings (SSSR count). The Morgan fingerprint density at radius 1 is 0.870 bits per heavy atom. The third-order valence-corrected chi connectivity index (χ3v) is 5.88. The lowest BCUT2D eigenvalue weighted by Crippen LogP contribution is -1.97. The molecule has 0 aromatic heterocycles. The van der Waals surface area contributed by atoms with Crippen molar-refractivity contribution in [2.75, 3.05) is 12.3 Å². The van der Waals surface area contributed by atoms with Crippen LogP contribution in [0.1, 0.15) is 23.1 Å². The third kappa shape index (κ3) is 2.05. The lowest BCUT2D eigenvalue weighted by Gasteiger charge is -2.15. The first-order valence-corrected chi connectivity index (χ1v) is 9.22. The molecule has 1 aliphatic heterocycles. The Morgan fingerprint density at radius 3 is 2.65 bits per heavy atom. The molecular weight excluding hydrogens is 298 g/mol. The number of hydrogen-bond acceptors (Lipinski definition) is 2. The Kier molecular flexibility index (Phi) is 3.05. The van der Waals surface area contributed by atoms with Gasteiger partial charge in [0.25, 0.3) is 0 Å². The lowest BCUT2D eigenvalue weighted by atomic mass is 9.89. The van der Waals surface area contributed by atoms with E-state index in [1.807, 2.05) is 11.8 Å². The van der Waals surface area contributed by atoms with Crippen LogP contribution in [0.5, 0.6) is 0 Å². The first-order valence-electron chi connectivity index (χ1n) is 8.23. The van der Waals surface area contributed by atoms with Crippen LogP contribution in [0.3, 0.4) is 0 Å². The van der Waals surface area contributed by atoms with Gasteiger partial charge >= 0.3 is 0 Å². The smallest absolute Gasteiger partial charge is 0.0984 e. The van der Waals surface area contributed by atoms with Crippen molar-refractivity contribution in [3.63, 3.8) is 0 Å². The van der Waals surface area contributed by atoms with Gasteiger partial charge in [0, 0.05) is 17.9 Å². The van der Waals surface area contributed by atoms with Crippen molar-refractivity contribution < 1.29 is 0 Å². The number of allylic oxidation sites excluding steroid dienone is 1. The van der Waals surface area contributed by atoms with Crippen molar-refractivity contribution in [3.8, 4) is 0 Å². The number of hydrogen-bond donors (Lipinski definition) is 0. The van der Waals surface area contributed by atoms with Gasteiger partial charge in [0.2, 0.25) is 0 Å². The molecular formula is C21H17NS. The third-order valence-electron chi connectivity index (χ3n) is 4.87. The van der Waals surface area contributed by atoms with Crippen molar-refractivity contribution in [2.24, 2.45) is 4.99 Å². The number of rotatable bonds is 1. The zero-order chi connectivity index (χ0) is 15.2. The number of benzene rings is 3. The SMILES string of the molecule is C1=Cc2c(ccc3c2ccc2c(C4=NCCS4)cccc23)CC1. The standard InChI is InChI=1S/C21H17NS/c1-2-5-15-14(4-1)8-9-18-16-6-3-7-20(21-22-12-13-23-21)19(16)11-10-17(15)18/h2-3,5-11H,1,4,12-13H2. The van der Waals surface area contributed by atoms with Crippen LogP contribution < -0.4 is 0 Å². The highest BCUT2D eigenvalue weighted by Crippen LogP contribution is 2.35. The zero-order valence-electron chi connectivity index (χ0n) is 12.9. The van der Waals surface area contributed by atoms with Gasteiger partial charge in [-0.15, -0.1) is 11.8 Å². The van der Waals surface area contributed by atoms with Gasteiger partial charge in [-0.25, -0.2) is 0 Å². The summed E-state index contributed by atoms with van der Waals surface area (Å²) in [6, 6.07) is 15.9. The monoisotopic (exact) mass is 315 g/mol. The summed E-state index contributed by atoms with van der Waals surface area (Å²) in [5.74, 6) is 1.11. The second-order valence-electron chi connectivity index (χ2n) is 6.18. The second kappa shape index (κ2) is 5.24. The van der Waals surface area contributed by atoms with Gasteiger partial charge in [-0.05, 0) is 45.5 Å². The highest BCUT2D eigenvalue weighted by Gasteiger charge is 2.15. The first-order chi connectivity index (χ1) is 11.4. The molecule has 1 nitrogen and oxygen atoms in total. The summed E-state index contributed by atoms with van der Waals surface area (Å²) in [4.78, 5) is 4.67. The summed E-state index contributed by atoms with van der Waals surface area (Å²) in [5.41, 5.74) is 4.18. The fourth-order valence-electron chi connectivity index (χ4n) is 3.78. The van der Waals surface area contributed by atoms with E-state index < -0.39 is 0 Å². The van der Waals surface area contributed by atoms with Crippen LogP contribution >= 0.6 is 11.8 Å². The van der Waals surface area contributed by atoms with Crippen molar-refractivity contribution in [1.82, 2.24) is 0 Å². The molecule has 2 heteroatoms. The lowest BCUT2D eigenvalue weighted by molar-refractivity contribution is 0.990. The quantitative estimate of drug-likeness (QED) is 0.544. The largest absolute Gasteiger partial charge is 0.277 e. The van der Waals surface area contributed by atoms with Gasteiger partial charge < -0.3 is 0 Å². The van der Waals surface area contributed by atoms with Gasteiger partial charge in [0.1, 0.15) is 0 Å². The molecule has 112 valence electrons. The predicted octanol–water partition coefficient (Wildman–Crippen LogP) is 5.45. The van der Waals surface area contributed by atoms with Crippen LogP contribution in [0, 0.1) is 0 Å². The van der Waals surface area contributed by atoms with Crippen LogP contribution in [0.4, 0.5) is 0 Å². The van der Waals surface area contributed by atoms with E-state index in [-0.39, 0.29) is 0 Å². The summed E-state index contributed by atoms with van der Waals surface area (Å²) in [7, 11) is 0. The van der Waals surface area contributed by atoms with Crippen LogP contribution in [-0.2, 0) is 6.42 Å². The molecule has 3 aromatic carbocycles. The molecule has 0 unspecified atom stereocenters. The number of aryl methyl sites for hydroxylation is 1. The Bertz CT molecular complexity index is 998. The minimum atomic E-state index is 0.947. The van der Waals surface area contributed by atoms with E-state index in [1.54, 1.807) is 0 Å². The van der Waals surface area contributed by atoms with Crippen LogP contribution in [0.25, 0.3) is 27.6 Å². The van der Waals surface area contributed by atoms with E-state index in [0.29, 0.717) is 0 Å². The molecule has 2 aliphatic rings. The number of fused-ring (bicyclic) bond motifs is 5. The molecule has 1 heterocycles. The predicted molar refractivity (Wildman–Crippen MR) is 103 cm³/mol. The maximum Gasteiger partial charge on any atom is 0.0984 e. The molecule has 0 N–H and O–H groups in total. The average molecular weight is 315 g/mol.